The third kappa shape index (κ3) is 5.05. The first-order valence-electron chi connectivity index (χ1n) is 8.38. The lowest BCUT2D eigenvalue weighted by molar-refractivity contribution is -0.114. The van der Waals surface area contributed by atoms with Crippen molar-refractivity contribution < 1.29 is 18.4 Å². The van der Waals surface area contributed by atoms with Crippen LogP contribution in [0, 0.1) is 15.2 Å². The van der Waals surface area contributed by atoms with Crippen molar-refractivity contribution in [2.75, 3.05) is 16.0 Å². The fourth-order valence-corrected chi connectivity index (χ4v) is 3.03. The summed E-state index contributed by atoms with van der Waals surface area (Å²) in [4.78, 5) is 27.9. The van der Waals surface area contributed by atoms with Crippen LogP contribution in [0.1, 0.15) is 17.3 Å². The Morgan fingerprint density at radius 2 is 1.59 bits per heavy atom. The molecule has 2 aromatic carbocycles. The van der Waals surface area contributed by atoms with Crippen LogP contribution >= 0.6 is 22.6 Å². The molecule has 1 aromatic heterocycles. The summed E-state index contributed by atoms with van der Waals surface area (Å²) in [5.41, 5.74) is 0.386. The number of rotatable bonds is 5. The van der Waals surface area contributed by atoms with Crippen molar-refractivity contribution in [3.05, 3.63) is 75.6 Å². The molecule has 0 aliphatic heterocycles. The lowest BCUT2D eigenvalue weighted by Crippen LogP contribution is -2.18. The number of halogens is 3. The number of carbonyl (C=O) groups is 2. The van der Waals surface area contributed by atoms with Crippen molar-refractivity contribution in [3.8, 4) is 0 Å². The van der Waals surface area contributed by atoms with Crippen LogP contribution in [0.4, 0.5) is 31.5 Å². The van der Waals surface area contributed by atoms with Gasteiger partial charge in [-0.1, -0.05) is 12.1 Å². The minimum atomic E-state index is -0.879. The van der Waals surface area contributed by atoms with Gasteiger partial charge in [0.15, 0.2) is 5.82 Å². The maximum Gasteiger partial charge on any atom is 0.260 e. The van der Waals surface area contributed by atoms with Gasteiger partial charge in [-0.2, -0.15) is 0 Å². The molecule has 3 aromatic rings. The summed E-state index contributed by atoms with van der Waals surface area (Å²) in [5, 5.41) is 7.86. The first-order chi connectivity index (χ1) is 13.8. The first-order valence-corrected chi connectivity index (χ1v) is 9.46. The number of hydrogen-bond acceptors (Lipinski definition) is 4. The minimum absolute atomic E-state index is 0.000355. The van der Waals surface area contributed by atoms with Gasteiger partial charge in [0.05, 0.1) is 35.1 Å². The van der Waals surface area contributed by atoms with Gasteiger partial charge in [-0.15, -0.1) is 0 Å². The maximum atomic E-state index is 14.5. The highest BCUT2D eigenvalue weighted by Gasteiger charge is 2.20. The fraction of sp³-hybridized carbons (Fsp3) is 0.0500. The number of carbonyl (C=O) groups excluding carboxylic acids is 2. The third-order valence-electron chi connectivity index (χ3n) is 3.81. The molecule has 29 heavy (non-hydrogen) atoms. The van der Waals surface area contributed by atoms with Crippen LogP contribution in [0.25, 0.3) is 0 Å². The van der Waals surface area contributed by atoms with Gasteiger partial charge in [-0.05, 0) is 52.9 Å². The number of hydrogen-bond donors (Lipinski definition) is 3. The highest BCUT2D eigenvalue weighted by molar-refractivity contribution is 14.1. The van der Waals surface area contributed by atoms with Gasteiger partial charge < -0.3 is 16.0 Å². The van der Waals surface area contributed by atoms with Crippen molar-refractivity contribution >= 4 is 57.2 Å². The van der Waals surface area contributed by atoms with E-state index in [1.54, 1.807) is 30.3 Å². The van der Waals surface area contributed by atoms with Crippen LogP contribution in [0.3, 0.4) is 0 Å². The first kappa shape index (κ1) is 20.6. The second-order valence-electron chi connectivity index (χ2n) is 5.97. The van der Waals surface area contributed by atoms with Crippen LogP contribution in [-0.2, 0) is 4.79 Å². The molecule has 6 nitrogen and oxygen atoms in total. The summed E-state index contributed by atoms with van der Waals surface area (Å²) in [6, 6.07) is 11.0. The monoisotopic (exact) mass is 508 g/mol. The van der Waals surface area contributed by atoms with E-state index in [-0.39, 0.29) is 28.5 Å². The molecule has 0 atom stereocenters. The number of benzene rings is 2. The van der Waals surface area contributed by atoms with E-state index in [4.69, 9.17) is 0 Å². The topological polar surface area (TPSA) is 83.1 Å². The van der Waals surface area contributed by atoms with E-state index in [1.807, 2.05) is 22.6 Å². The fourth-order valence-electron chi connectivity index (χ4n) is 2.57. The summed E-state index contributed by atoms with van der Waals surface area (Å²) in [7, 11) is 0. The highest BCUT2D eigenvalue weighted by atomic mass is 127. The SMILES string of the molecule is CC(=O)Nc1ccccc1NC(=O)c1c(F)cncc1Nc1ccc(I)cc1F. The number of nitrogens with zero attached hydrogens (tertiary/aromatic N) is 1. The smallest absolute Gasteiger partial charge is 0.260 e. The standard InChI is InChI=1S/C20H15F2IN4O2/c1-11(28)25-16-4-2-3-5-17(16)27-20(29)19-14(22)9-24-10-18(19)26-15-7-6-12(23)8-13(15)21/h2-10,26H,1H3,(H,25,28)(H,27,29). The van der Waals surface area contributed by atoms with E-state index in [1.165, 1.54) is 25.3 Å². The second-order valence-corrected chi connectivity index (χ2v) is 7.22. The molecule has 0 fully saturated rings. The van der Waals surface area contributed by atoms with E-state index in [0.29, 0.717) is 9.26 Å². The Kier molecular flexibility index (Phi) is 6.37. The predicted octanol–water partition coefficient (Wildman–Crippen LogP) is 4.92. The Morgan fingerprint density at radius 1 is 0.897 bits per heavy atom. The molecule has 0 aliphatic carbocycles. The van der Waals surface area contributed by atoms with Gasteiger partial charge in [0.2, 0.25) is 5.91 Å². The maximum absolute atomic E-state index is 14.5. The zero-order valence-corrected chi connectivity index (χ0v) is 17.3. The zero-order chi connectivity index (χ0) is 21.0. The summed E-state index contributed by atoms with van der Waals surface area (Å²) < 4.78 is 29.3. The van der Waals surface area contributed by atoms with Crippen molar-refractivity contribution in [1.29, 1.82) is 0 Å². The van der Waals surface area contributed by atoms with Gasteiger partial charge in [-0.25, -0.2) is 8.78 Å². The molecular formula is C20H15F2IN4O2. The lowest BCUT2D eigenvalue weighted by Gasteiger charge is -2.15. The molecular weight excluding hydrogens is 493 g/mol. The Labute approximate surface area is 178 Å². The largest absolute Gasteiger partial charge is 0.351 e. The number of para-hydroxylation sites is 2. The van der Waals surface area contributed by atoms with Crippen molar-refractivity contribution in [3.63, 3.8) is 0 Å². The summed E-state index contributed by atoms with van der Waals surface area (Å²) in [6.07, 6.45) is 2.12. The van der Waals surface area contributed by atoms with Gasteiger partial charge in [0, 0.05) is 10.5 Å². The van der Waals surface area contributed by atoms with Crippen molar-refractivity contribution in [2.45, 2.75) is 6.92 Å². The van der Waals surface area contributed by atoms with Gasteiger partial charge in [0.25, 0.3) is 5.91 Å². The molecule has 0 spiro atoms. The summed E-state index contributed by atoms with van der Waals surface area (Å²) in [6.45, 7) is 1.33. The normalized spacial score (nSPS) is 10.3. The van der Waals surface area contributed by atoms with Crippen LogP contribution in [0.2, 0.25) is 0 Å². The zero-order valence-electron chi connectivity index (χ0n) is 15.1. The van der Waals surface area contributed by atoms with Gasteiger partial charge in [0.1, 0.15) is 11.4 Å². The van der Waals surface area contributed by atoms with Crippen LogP contribution in [-0.4, -0.2) is 16.8 Å². The molecule has 0 saturated carbocycles. The van der Waals surface area contributed by atoms with E-state index >= 15 is 0 Å². The molecule has 0 saturated heterocycles. The van der Waals surface area contributed by atoms with E-state index in [9.17, 15) is 18.4 Å². The van der Waals surface area contributed by atoms with E-state index < -0.39 is 17.5 Å². The lowest BCUT2D eigenvalue weighted by atomic mass is 10.1. The molecule has 0 radical (unpaired) electrons. The molecule has 0 unspecified atom stereocenters. The molecule has 9 heteroatoms. The van der Waals surface area contributed by atoms with Gasteiger partial charge >= 0.3 is 0 Å². The number of aromatic nitrogens is 1. The molecule has 2 amide bonds. The Morgan fingerprint density at radius 3 is 2.24 bits per heavy atom. The summed E-state index contributed by atoms with van der Waals surface area (Å²) in [5.74, 6) is -2.53. The van der Waals surface area contributed by atoms with Crippen molar-refractivity contribution in [2.24, 2.45) is 0 Å². The number of amides is 2. The third-order valence-corrected chi connectivity index (χ3v) is 4.48. The number of nitrogens with one attached hydrogen (secondary N) is 3. The van der Waals surface area contributed by atoms with E-state index in [0.717, 1.165) is 6.20 Å². The second kappa shape index (κ2) is 8.95. The Bertz CT molecular complexity index is 1090. The average molecular weight is 508 g/mol. The van der Waals surface area contributed by atoms with Gasteiger partial charge in [-0.3, -0.25) is 14.6 Å². The van der Waals surface area contributed by atoms with E-state index in [2.05, 4.69) is 20.9 Å². The molecule has 3 rings (SSSR count). The van der Waals surface area contributed by atoms with Crippen LogP contribution < -0.4 is 16.0 Å². The Balaban J connectivity index is 1.93. The predicted molar refractivity (Wildman–Crippen MR) is 115 cm³/mol. The molecule has 0 aliphatic rings. The van der Waals surface area contributed by atoms with Crippen molar-refractivity contribution in [1.82, 2.24) is 4.98 Å². The molecule has 148 valence electrons. The molecule has 0 bridgehead atoms. The summed E-state index contributed by atoms with van der Waals surface area (Å²) >= 11 is 1.97. The van der Waals surface area contributed by atoms with Crippen LogP contribution in [0.5, 0.6) is 0 Å². The average Bonchev–Trinajstić information content (AvgIpc) is 2.65. The van der Waals surface area contributed by atoms with Crippen LogP contribution in [0.15, 0.2) is 54.9 Å². The highest BCUT2D eigenvalue weighted by Crippen LogP contribution is 2.27. The number of pyridine rings is 1. The minimum Gasteiger partial charge on any atom is -0.351 e. The molecule has 3 N–H and O–H groups in total. The molecule has 1 heterocycles. The number of anilines is 4. The quantitative estimate of drug-likeness (QED) is 0.428. The Hall–Kier alpha value is -3.08.